The summed E-state index contributed by atoms with van der Waals surface area (Å²) in [5.74, 6) is 1.55. The van der Waals surface area contributed by atoms with Crippen molar-refractivity contribution in [1.29, 1.82) is 0 Å². The van der Waals surface area contributed by atoms with Gasteiger partial charge in [0.1, 0.15) is 0 Å². The number of hydrogen-bond acceptors (Lipinski definition) is 6. The van der Waals surface area contributed by atoms with E-state index in [1.807, 2.05) is 16.7 Å². The van der Waals surface area contributed by atoms with E-state index in [0.29, 0.717) is 38.7 Å². The zero-order chi connectivity index (χ0) is 23.1. The van der Waals surface area contributed by atoms with E-state index in [9.17, 15) is 8.42 Å². The van der Waals surface area contributed by atoms with Crippen LogP contribution in [0.1, 0.15) is 12.0 Å². The molecule has 0 unspecified atom stereocenters. The van der Waals surface area contributed by atoms with E-state index in [1.54, 1.807) is 36.0 Å². The number of thioether (sulfide) groups is 1. The lowest BCUT2D eigenvalue weighted by Crippen LogP contribution is -2.40. The van der Waals surface area contributed by atoms with Crippen molar-refractivity contribution < 1.29 is 13.2 Å². The maximum atomic E-state index is 13.1. The summed E-state index contributed by atoms with van der Waals surface area (Å²) in [7, 11) is -3.58. The first kappa shape index (κ1) is 23.7. The number of allylic oxidation sites excluding steroid dienone is 1. The maximum Gasteiger partial charge on any atom is 0.243 e. The molecule has 1 fully saturated rings. The summed E-state index contributed by atoms with van der Waals surface area (Å²) in [6.45, 7) is 5.97. The normalized spacial score (nSPS) is 14.9. The quantitative estimate of drug-likeness (QED) is 0.247. The molecule has 0 saturated carbocycles. The Morgan fingerprint density at radius 3 is 2.61 bits per heavy atom. The number of morpholine rings is 1. The first-order valence-electron chi connectivity index (χ1n) is 11.0. The highest BCUT2D eigenvalue weighted by atomic mass is 32.2. The lowest BCUT2D eigenvalue weighted by atomic mass is 10.1. The fourth-order valence-electron chi connectivity index (χ4n) is 3.72. The van der Waals surface area contributed by atoms with Gasteiger partial charge in [-0.15, -0.1) is 16.8 Å². The van der Waals surface area contributed by atoms with Crippen LogP contribution in [0.25, 0.3) is 11.4 Å². The second-order valence-corrected chi connectivity index (χ2v) is 10.7. The molecule has 33 heavy (non-hydrogen) atoms. The van der Waals surface area contributed by atoms with E-state index in [2.05, 4.69) is 41.0 Å². The average Bonchev–Trinajstić information content (AvgIpc) is 3.26. The van der Waals surface area contributed by atoms with Crippen LogP contribution >= 0.6 is 11.8 Å². The van der Waals surface area contributed by atoms with Gasteiger partial charge in [-0.25, -0.2) is 8.42 Å². The average molecular weight is 485 g/mol. The van der Waals surface area contributed by atoms with Crippen LogP contribution in [0, 0.1) is 0 Å². The Hall–Kier alpha value is -2.46. The summed E-state index contributed by atoms with van der Waals surface area (Å²) in [6, 6.07) is 17.3. The second kappa shape index (κ2) is 11.1. The largest absolute Gasteiger partial charge is 0.379 e. The highest BCUT2D eigenvalue weighted by Gasteiger charge is 2.27. The van der Waals surface area contributed by atoms with Gasteiger partial charge >= 0.3 is 0 Å². The van der Waals surface area contributed by atoms with Gasteiger partial charge in [-0.05, 0) is 30.5 Å². The van der Waals surface area contributed by atoms with E-state index in [4.69, 9.17) is 4.74 Å². The Bertz CT molecular complexity index is 1170. The Balaban J connectivity index is 1.51. The topological polar surface area (TPSA) is 77.3 Å². The zero-order valence-corrected chi connectivity index (χ0v) is 20.1. The number of benzene rings is 2. The van der Waals surface area contributed by atoms with Crippen molar-refractivity contribution in [3.05, 3.63) is 72.8 Å². The first-order valence-corrected chi connectivity index (χ1v) is 13.4. The number of nitrogens with zero attached hydrogens (tertiary/aromatic N) is 4. The lowest BCUT2D eigenvalue weighted by Gasteiger charge is -2.26. The van der Waals surface area contributed by atoms with Gasteiger partial charge in [0.15, 0.2) is 11.0 Å². The molecule has 0 radical (unpaired) electrons. The monoisotopic (exact) mass is 484 g/mol. The molecule has 0 atom stereocenters. The van der Waals surface area contributed by atoms with Crippen LogP contribution in [-0.2, 0) is 27.7 Å². The molecule has 1 aromatic heterocycles. The number of ether oxygens (including phenoxy) is 1. The predicted octanol–water partition coefficient (Wildman–Crippen LogP) is 3.88. The summed E-state index contributed by atoms with van der Waals surface area (Å²) < 4.78 is 34.9. The number of aromatic nitrogens is 3. The van der Waals surface area contributed by atoms with E-state index in [1.165, 1.54) is 9.87 Å². The van der Waals surface area contributed by atoms with Crippen LogP contribution in [0.2, 0.25) is 0 Å². The molecule has 0 bridgehead atoms. The molecular formula is C24H28N4O3S2. The van der Waals surface area contributed by atoms with E-state index < -0.39 is 10.0 Å². The van der Waals surface area contributed by atoms with Crippen molar-refractivity contribution in [2.45, 2.75) is 29.4 Å². The molecule has 3 aromatic rings. The summed E-state index contributed by atoms with van der Waals surface area (Å²) in [5, 5.41) is 9.59. The van der Waals surface area contributed by atoms with Crippen LogP contribution in [0.4, 0.5) is 0 Å². The van der Waals surface area contributed by atoms with Gasteiger partial charge in [0.25, 0.3) is 0 Å². The molecule has 0 N–H and O–H groups in total. The summed E-state index contributed by atoms with van der Waals surface area (Å²) in [4.78, 5) is 0.257. The van der Waals surface area contributed by atoms with Gasteiger partial charge in [-0.1, -0.05) is 60.3 Å². The fourth-order valence-corrected chi connectivity index (χ4v) is 6.06. The molecule has 7 nitrogen and oxygen atoms in total. The number of aryl methyl sites for hydroxylation is 1. The van der Waals surface area contributed by atoms with Gasteiger partial charge in [0.2, 0.25) is 10.0 Å². The molecule has 2 heterocycles. The summed E-state index contributed by atoms with van der Waals surface area (Å²) in [5.41, 5.74) is 2.04. The van der Waals surface area contributed by atoms with Crippen molar-refractivity contribution >= 4 is 21.8 Å². The van der Waals surface area contributed by atoms with Crippen LogP contribution in [-0.4, -0.2) is 59.5 Å². The summed E-state index contributed by atoms with van der Waals surface area (Å²) in [6.07, 6.45) is 3.84. The number of rotatable bonds is 10. The fraction of sp³-hybridized carbons (Fsp3) is 0.333. The van der Waals surface area contributed by atoms with Crippen LogP contribution in [0.3, 0.4) is 0 Å². The Morgan fingerprint density at radius 2 is 1.85 bits per heavy atom. The minimum atomic E-state index is -3.58. The Labute approximate surface area is 199 Å². The summed E-state index contributed by atoms with van der Waals surface area (Å²) >= 11 is 1.66. The number of hydrogen-bond donors (Lipinski definition) is 0. The molecule has 0 amide bonds. The molecule has 174 valence electrons. The molecule has 4 rings (SSSR count). The predicted molar refractivity (Wildman–Crippen MR) is 131 cm³/mol. The highest BCUT2D eigenvalue weighted by Crippen LogP contribution is 2.27. The van der Waals surface area contributed by atoms with Gasteiger partial charge in [-0.3, -0.25) is 4.57 Å². The zero-order valence-electron chi connectivity index (χ0n) is 18.5. The third-order valence-electron chi connectivity index (χ3n) is 5.41. The Kier molecular flexibility index (Phi) is 7.97. The minimum absolute atomic E-state index is 0.257. The lowest BCUT2D eigenvalue weighted by molar-refractivity contribution is 0.0730. The number of sulfonamides is 1. The molecule has 0 spiro atoms. The van der Waals surface area contributed by atoms with Crippen molar-refractivity contribution in [2.75, 3.05) is 32.1 Å². The molecule has 1 saturated heterocycles. The van der Waals surface area contributed by atoms with E-state index >= 15 is 0 Å². The second-order valence-electron chi connectivity index (χ2n) is 7.69. The highest BCUT2D eigenvalue weighted by molar-refractivity contribution is 7.99. The smallest absolute Gasteiger partial charge is 0.243 e. The standard InChI is InChI=1S/C24H28N4O3S2/c1-2-13-28-23(25-26-24(28)32-18-7-10-20-8-4-3-5-9-20)21-11-6-12-22(19-21)33(29,30)27-14-16-31-17-15-27/h2-6,8-9,11-12,19H,1,7,10,13-18H2. The minimum Gasteiger partial charge on any atom is -0.379 e. The molecule has 1 aliphatic heterocycles. The molecule has 9 heteroatoms. The van der Waals surface area contributed by atoms with Crippen LogP contribution in [0.15, 0.2) is 77.3 Å². The van der Waals surface area contributed by atoms with E-state index in [-0.39, 0.29) is 4.90 Å². The van der Waals surface area contributed by atoms with Crippen molar-refractivity contribution in [3.8, 4) is 11.4 Å². The molecule has 0 aliphatic carbocycles. The van der Waals surface area contributed by atoms with Gasteiger partial charge in [0.05, 0.1) is 18.1 Å². The van der Waals surface area contributed by atoms with Crippen LogP contribution in [0.5, 0.6) is 0 Å². The molecule has 1 aliphatic rings. The maximum absolute atomic E-state index is 13.1. The van der Waals surface area contributed by atoms with Gasteiger partial charge in [0, 0.05) is 31.0 Å². The molecule has 2 aromatic carbocycles. The SMILES string of the molecule is C=CCn1c(SCCCc2ccccc2)nnc1-c1cccc(S(=O)(=O)N2CCOCC2)c1. The molecular weight excluding hydrogens is 456 g/mol. The van der Waals surface area contributed by atoms with Gasteiger partial charge in [-0.2, -0.15) is 4.31 Å². The van der Waals surface area contributed by atoms with Crippen molar-refractivity contribution in [2.24, 2.45) is 0 Å². The van der Waals surface area contributed by atoms with Gasteiger partial charge < -0.3 is 4.74 Å². The Morgan fingerprint density at radius 1 is 1.06 bits per heavy atom. The first-order chi connectivity index (χ1) is 16.1. The van der Waals surface area contributed by atoms with E-state index in [0.717, 1.165) is 29.3 Å². The van der Waals surface area contributed by atoms with Crippen molar-refractivity contribution in [3.63, 3.8) is 0 Å². The van der Waals surface area contributed by atoms with Crippen molar-refractivity contribution in [1.82, 2.24) is 19.1 Å². The third-order valence-corrected chi connectivity index (χ3v) is 8.36. The van der Waals surface area contributed by atoms with Crippen LogP contribution < -0.4 is 0 Å². The third kappa shape index (κ3) is 5.73.